The molecule has 0 bridgehead atoms. The molecule has 2 fully saturated rings. The smallest absolute Gasteiger partial charge is 0.0100 e. The van der Waals surface area contributed by atoms with Crippen molar-refractivity contribution in [1.29, 1.82) is 0 Å². The second-order valence-electron chi connectivity index (χ2n) is 6.14. The van der Waals surface area contributed by atoms with Gasteiger partial charge < -0.3 is 0 Å². The molecule has 0 amide bonds. The first kappa shape index (κ1) is 12.9. The summed E-state index contributed by atoms with van der Waals surface area (Å²) in [6.45, 7) is 6.18. The molecule has 16 heavy (non-hydrogen) atoms. The summed E-state index contributed by atoms with van der Waals surface area (Å²) in [4.78, 5) is 2.79. The fourth-order valence-electron chi connectivity index (χ4n) is 3.63. The van der Waals surface area contributed by atoms with Crippen LogP contribution in [0.1, 0.15) is 58.8 Å². The molecule has 0 N–H and O–H groups in total. The van der Waals surface area contributed by atoms with E-state index in [1.165, 1.54) is 56.8 Å². The number of rotatable bonds is 3. The molecule has 1 aliphatic heterocycles. The first-order valence-electron chi connectivity index (χ1n) is 6.99. The first-order chi connectivity index (χ1) is 7.67. The van der Waals surface area contributed by atoms with E-state index < -0.39 is 0 Å². The van der Waals surface area contributed by atoms with Crippen LogP contribution in [0.2, 0.25) is 0 Å². The van der Waals surface area contributed by atoms with Gasteiger partial charge in [-0.15, -0.1) is 0 Å². The summed E-state index contributed by atoms with van der Waals surface area (Å²) in [6.07, 6.45) is 10.0. The van der Waals surface area contributed by atoms with Crippen molar-refractivity contribution in [2.24, 2.45) is 5.41 Å². The van der Waals surface area contributed by atoms with E-state index in [2.05, 4.69) is 34.7 Å². The summed E-state index contributed by atoms with van der Waals surface area (Å²) in [5, 5.41) is 1.20. The zero-order valence-electron chi connectivity index (χ0n) is 10.8. The third kappa shape index (κ3) is 2.64. The summed E-state index contributed by atoms with van der Waals surface area (Å²) >= 11 is 3.77. The topological polar surface area (TPSA) is 3.24 Å². The largest absolute Gasteiger partial charge is 0.297 e. The highest BCUT2D eigenvalue weighted by atomic mass is 79.9. The third-order valence-electron chi connectivity index (χ3n) is 4.84. The molecular weight excluding hydrogens is 262 g/mol. The molecular formula is C14H26BrN. The zero-order chi connectivity index (χ0) is 11.6. The van der Waals surface area contributed by atoms with Gasteiger partial charge in [0.1, 0.15) is 0 Å². The van der Waals surface area contributed by atoms with Crippen LogP contribution in [0.3, 0.4) is 0 Å². The number of alkyl halides is 1. The normalized spacial score (nSPS) is 35.4. The van der Waals surface area contributed by atoms with Crippen LogP contribution in [-0.2, 0) is 0 Å². The van der Waals surface area contributed by atoms with E-state index in [1.54, 1.807) is 0 Å². The van der Waals surface area contributed by atoms with Gasteiger partial charge in [0.2, 0.25) is 0 Å². The number of hydrogen-bond acceptors (Lipinski definition) is 1. The van der Waals surface area contributed by atoms with Gasteiger partial charge in [-0.25, -0.2) is 0 Å². The van der Waals surface area contributed by atoms with E-state index in [-0.39, 0.29) is 0 Å². The van der Waals surface area contributed by atoms with Gasteiger partial charge in [0.05, 0.1) is 0 Å². The summed E-state index contributed by atoms with van der Waals surface area (Å²) in [5.74, 6) is 0. The molecule has 2 heteroatoms. The Kier molecular flexibility index (Phi) is 4.34. The minimum atomic E-state index is 0.597. The van der Waals surface area contributed by atoms with Crippen molar-refractivity contribution in [3.8, 4) is 0 Å². The summed E-state index contributed by atoms with van der Waals surface area (Å²) in [7, 11) is 0. The molecule has 94 valence electrons. The van der Waals surface area contributed by atoms with Crippen LogP contribution in [0.4, 0.5) is 0 Å². The average molecular weight is 288 g/mol. The molecule has 0 aromatic carbocycles. The molecule has 1 aliphatic carbocycles. The molecule has 1 nitrogen and oxygen atoms in total. The Balaban J connectivity index is 2.00. The zero-order valence-corrected chi connectivity index (χ0v) is 12.4. The number of nitrogens with zero attached hydrogens (tertiary/aromatic N) is 1. The Morgan fingerprint density at radius 2 is 1.62 bits per heavy atom. The fraction of sp³-hybridized carbons (Fsp3) is 1.00. The summed E-state index contributed by atoms with van der Waals surface area (Å²) in [6, 6.07) is 1.61. The second kappa shape index (κ2) is 5.39. The highest BCUT2D eigenvalue weighted by Crippen LogP contribution is 2.41. The SMILES string of the molecule is CC1CCCC(C)N1CC1(CBr)CCCC1. The molecule has 0 spiro atoms. The van der Waals surface area contributed by atoms with Crippen molar-refractivity contribution in [2.45, 2.75) is 70.9 Å². The van der Waals surface area contributed by atoms with Crippen molar-refractivity contribution in [2.75, 3.05) is 11.9 Å². The Bertz CT molecular complexity index is 213. The minimum absolute atomic E-state index is 0.597. The van der Waals surface area contributed by atoms with Crippen LogP contribution < -0.4 is 0 Å². The van der Waals surface area contributed by atoms with Crippen LogP contribution >= 0.6 is 15.9 Å². The van der Waals surface area contributed by atoms with Gasteiger partial charge in [0, 0.05) is 24.0 Å². The lowest BCUT2D eigenvalue weighted by Crippen LogP contribution is -2.49. The highest BCUT2D eigenvalue weighted by Gasteiger charge is 2.37. The van der Waals surface area contributed by atoms with E-state index in [0.29, 0.717) is 5.41 Å². The van der Waals surface area contributed by atoms with Crippen molar-refractivity contribution in [3.63, 3.8) is 0 Å². The molecule has 1 saturated heterocycles. The molecule has 2 atom stereocenters. The predicted octanol–water partition coefficient (Wildman–Crippen LogP) is 4.20. The van der Waals surface area contributed by atoms with Crippen LogP contribution in [0.25, 0.3) is 0 Å². The van der Waals surface area contributed by atoms with Gasteiger partial charge >= 0.3 is 0 Å². The molecule has 0 radical (unpaired) electrons. The van der Waals surface area contributed by atoms with Gasteiger partial charge in [-0.3, -0.25) is 4.90 Å². The molecule has 2 unspecified atom stereocenters. The van der Waals surface area contributed by atoms with Gasteiger partial charge in [0.25, 0.3) is 0 Å². The molecule has 1 heterocycles. The van der Waals surface area contributed by atoms with Crippen LogP contribution in [0, 0.1) is 5.41 Å². The van der Waals surface area contributed by atoms with Crippen LogP contribution in [-0.4, -0.2) is 28.9 Å². The van der Waals surface area contributed by atoms with Crippen molar-refractivity contribution in [3.05, 3.63) is 0 Å². The van der Waals surface area contributed by atoms with Gasteiger partial charge in [-0.1, -0.05) is 35.2 Å². The molecule has 0 aromatic rings. The maximum Gasteiger partial charge on any atom is 0.0100 e. The standard InChI is InChI=1S/C14H26BrN/c1-12-6-5-7-13(2)16(12)11-14(10-15)8-3-4-9-14/h12-13H,3-11H2,1-2H3. The van der Waals surface area contributed by atoms with Crippen LogP contribution in [0.15, 0.2) is 0 Å². The van der Waals surface area contributed by atoms with Gasteiger partial charge in [-0.2, -0.15) is 0 Å². The second-order valence-corrected chi connectivity index (χ2v) is 6.70. The van der Waals surface area contributed by atoms with Gasteiger partial charge in [-0.05, 0) is 44.9 Å². The van der Waals surface area contributed by atoms with E-state index in [0.717, 1.165) is 12.1 Å². The molecule has 0 aromatic heterocycles. The average Bonchev–Trinajstić information content (AvgIpc) is 2.73. The third-order valence-corrected chi connectivity index (χ3v) is 6.03. The molecule has 2 rings (SSSR count). The molecule has 2 aliphatic rings. The maximum absolute atomic E-state index is 3.77. The van der Waals surface area contributed by atoms with E-state index >= 15 is 0 Å². The van der Waals surface area contributed by atoms with Crippen molar-refractivity contribution in [1.82, 2.24) is 4.90 Å². The Hall–Kier alpha value is 0.440. The van der Waals surface area contributed by atoms with E-state index in [4.69, 9.17) is 0 Å². The lowest BCUT2D eigenvalue weighted by molar-refractivity contribution is 0.0584. The predicted molar refractivity (Wildman–Crippen MR) is 74.2 cm³/mol. The fourth-order valence-corrected chi connectivity index (χ4v) is 4.37. The molecule has 1 saturated carbocycles. The number of hydrogen-bond donors (Lipinski definition) is 0. The minimum Gasteiger partial charge on any atom is -0.297 e. The van der Waals surface area contributed by atoms with E-state index in [1.807, 2.05) is 0 Å². The number of halogens is 1. The number of piperidine rings is 1. The first-order valence-corrected chi connectivity index (χ1v) is 8.11. The monoisotopic (exact) mass is 287 g/mol. The van der Waals surface area contributed by atoms with Gasteiger partial charge in [0.15, 0.2) is 0 Å². The summed E-state index contributed by atoms with van der Waals surface area (Å²) < 4.78 is 0. The quantitative estimate of drug-likeness (QED) is 0.703. The lowest BCUT2D eigenvalue weighted by Gasteiger charge is -2.44. The van der Waals surface area contributed by atoms with Crippen molar-refractivity contribution < 1.29 is 0 Å². The Labute approximate surface area is 109 Å². The Morgan fingerprint density at radius 3 is 2.12 bits per heavy atom. The maximum atomic E-state index is 3.77. The van der Waals surface area contributed by atoms with Crippen molar-refractivity contribution >= 4 is 15.9 Å². The number of likely N-dealkylation sites (tertiary alicyclic amines) is 1. The highest BCUT2D eigenvalue weighted by molar-refractivity contribution is 9.09. The van der Waals surface area contributed by atoms with E-state index in [9.17, 15) is 0 Å². The van der Waals surface area contributed by atoms with Crippen LogP contribution in [0.5, 0.6) is 0 Å². The lowest BCUT2D eigenvalue weighted by atomic mass is 9.85. The Morgan fingerprint density at radius 1 is 1.06 bits per heavy atom. The summed E-state index contributed by atoms with van der Waals surface area (Å²) in [5.41, 5.74) is 0.597.